The second-order valence-electron chi connectivity index (χ2n) is 3.85. The molecule has 0 rings (SSSR count). The predicted molar refractivity (Wildman–Crippen MR) is 52.8 cm³/mol. The lowest BCUT2D eigenvalue weighted by atomic mass is 10.3. The van der Waals surface area contributed by atoms with Crippen molar-refractivity contribution >= 4 is 17.8 Å². The minimum Gasteiger partial charge on any atom is -0.459 e. The van der Waals surface area contributed by atoms with E-state index in [1.807, 2.05) is 0 Å². The largest absolute Gasteiger partial charge is 0.459 e. The highest BCUT2D eigenvalue weighted by Gasteiger charge is 2.23. The lowest BCUT2D eigenvalue weighted by Gasteiger charge is -2.23. The summed E-state index contributed by atoms with van der Waals surface area (Å²) in [5.41, 5.74) is 5.11. The van der Waals surface area contributed by atoms with Crippen molar-refractivity contribution in [1.82, 2.24) is 0 Å². The van der Waals surface area contributed by atoms with Gasteiger partial charge in [0.05, 0.1) is 14.1 Å². The van der Waals surface area contributed by atoms with Crippen LogP contribution in [0.1, 0.15) is 13.3 Å². The lowest BCUT2D eigenvalue weighted by Crippen LogP contribution is -2.51. The van der Waals surface area contributed by atoms with Crippen LogP contribution in [0.15, 0.2) is 0 Å². The SMILES string of the molecule is CC(=O)CC(=O)OCC[N+](C)(C)C(N)=O. The molecule has 6 heteroatoms. The van der Waals surface area contributed by atoms with E-state index in [0.717, 1.165) is 0 Å². The zero-order valence-corrected chi connectivity index (χ0v) is 9.28. The van der Waals surface area contributed by atoms with Crippen molar-refractivity contribution < 1.29 is 23.6 Å². The van der Waals surface area contributed by atoms with Crippen LogP contribution in [0.4, 0.5) is 4.79 Å². The van der Waals surface area contributed by atoms with Gasteiger partial charge >= 0.3 is 12.0 Å². The van der Waals surface area contributed by atoms with Gasteiger partial charge in [-0.25, -0.2) is 9.28 Å². The van der Waals surface area contributed by atoms with Gasteiger partial charge in [-0.3, -0.25) is 9.59 Å². The summed E-state index contributed by atoms with van der Waals surface area (Å²) in [6, 6.07) is -0.502. The van der Waals surface area contributed by atoms with Crippen LogP contribution in [0.25, 0.3) is 0 Å². The predicted octanol–water partition coefficient (Wildman–Crippen LogP) is -0.336. The molecule has 0 fully saturated rings. The highest BCUT2D eigenvalue weighted by molar-refractivity contribution is 5.94. The van der Waals surface area contributed by atoms with Gasteiger partial charge < -0.3 is 10.5 Å². The molecule has 0 spiro atoms. The van der Waals surface area contributed by atoms with Crippen molar-refractivity contribution in [1.29, 1.82) is 0 Å². The first-order valence-corrected chi connectivity index (χ1v) is 4.54. The molecule has 0 aromatic carbocycles. The Kier molecular flexibility index (Phi) is 4.93. The lowest BCUT2D eigenvalue weighted by molar-refractivity contribution is -0.808. The molecule has 15 heavy (non-hydrogen) atoms. The number of primary amides is 1. The Morgan fingerprint density at radius 2 is 1.80 bits per heavy atom. The van der Waals surface area contributed by atoms with Crippen LogP contribution in [0.2, 0.25) is 0 Å². The first-order valence-electron chi connectivity index (χ1n) is 4.54. The number of hydrogen-bond acceptors (Lipinski definition) is 4. The average molecular weight is 217 g/mol. The van der Waals surface area contributed by atoms with Gasteiger partial charge in [-0.1, -0.05) is 0 Å². The second kappa shape index (κ2) is 5.45. The van der Waals surface area contributed by atoms with Crippen LogP contribution >= 0.6 is 0 Å². The van der Waals surface area contributed by atoms with E-state index in [-0.39, 0.29) is 23.3 Å². The number of esters is 1. The number of urea groups is 1. The minimum absolute atomic E-state index is 0.0622. The Balaban J connectivity index is 3.84. The smallest absolute Gasteiger partial charge is 0.413 e. The number of ether oxygens (including phenoxy) is 1. The zero-order valence-electron chi connectivity index (χ0n) is 9.28. The number of Topliss-reactive ketones (excluding diaryl/α,β-unsaturated/α-hetero) is 1. The van der Waals surface area contributed by atoms with Gasteiger partial charge in [0.1, 0.15) is 25.4 Å². The van der Waals surface area contributed by atoms with Crippen molar-refractivity contribution in [3.63, 3.8) is 0 Å². The Hall–Kier alpha value is -1.43. The van der Waals surface area contributed by atoms with E-state index in [9.17, 15) is 14.4 Å². The molecule has 6 nitrogen and oxygen atoms in total. The van der Waals surface area contributed by atoms with E-state index in [0.29, 0.717) is 6.54 Å². The van der Waals surface area contributed by atoms with Gasteiger partial charge in [-0.15, -0.1) is 0 Å². The maximum atomic E-state index is 10.9. The van der Waals surface area contributed by atoms with E-state index < -0.39 is 12.0 Å². The van der Waals surface area contributed by atoms with Crippen LogP contribution in [0.3, 0.4) is 0 Å². The molecule has 0 aromatic heterocycles. The number of hydrogen-bond donors (Lipinski definition) is 1. The Morgan fingerprint density at radius 1 is 1.27 bits per heavy atom. The number of rotatable bonds is 5. The summed E-state index contributed by atoms with van der Waals surface area (Å²) in [4.78, 5) is 32.4. The first-order chi connectivity index (χ1) is 6.75. The van der Waals surface area contributed by atoms with E-state index in [2.05, 4.69) is 0 Å². The molecule has 86 valence electrons. The normalized spacial score (nSPS) is 10.9. The maximum Gasteiger partial charge on any atom is 0.413 e. The number of nitrogens with two attached hydrogens (primary N) is 1. The monoisotopic (exact) mass is 217 g/mol. The van der Waals surface area contributed by atoms with Crippen molar-refractivity contribution in [2.75, 3.05) is 27.2 Å². The third-order valence-electron chi connectivity index (χ3n) is 1.90. The average Bonchev–Trinajstić information content (AvgIpc) is 2.01. The molecule has 0 aliphatic heterocycles. The third-order valence-corrected chi connectivity index (χ3v) is 1.90. The molecule has 0 bridgehead atoms. The molecule has 2 N–H and O–H groups in total. The highest BCUT2D eigenvalue weighted by Crippen LogP contribution is 1.97. The molecular weight excluding hydrogens is 200 g/mol. The number of likely N-dealkylation sites (N-methyl/N-ethyl adjacent to an activating group) is 1. The maximum absolute atomic E-state index is 10.9. The Morgan fingerprint density at radius 3 is 2.20 bits per heavy atom. The van der Waals surface area contributed by atoms with E-state index in [1.165, 1.54) is 6.92 Å². The number of nitrogens with zero attached hydrogens (tertiary/aromatic N) is 1. The summed E-state index contributed by atoms with van der Waals surface area (Å²) in [7, 11) is 3.22. The number of amides is 2. The first kappa shape index (κ1) is 13.6. The van der Waals surface area contributed by atoms with Crippen LogP contribution in [-0.4, -0.2) is 49.5 Å². The van der Waals surface area contributed by atoms with Gasteiger partial charge in [0.25, 0.3) is 0 Å². The number of carbonyl (C=O) groups is 3. The molecule has 0 aliphatic rings. The van der Waals surface area contributed by atoms with Gasteiger partial charge in [-0.05, 0) is 6.92 Å². The summed E-state index contributed by atoms with van der Waals surface area (Å²) >= 11 is 0. The molecule has 2 amide bonds. The summed E-state index contributed by atoms with van der Waals surface area (Å²) < 4.78 is 4.69. The molecule has 0 radical (unpaired) electrons. The molecule has 0 saturated heterocycles. The Labute approximate surface area is 88.6 Å². The third kappa shape index (κ3) is 5.79. The summed E-state index contributed by atoms with van der Waals surface area (Å²) in [6.07, 6.45) is -0.232. The van der Waals surface area contributed by atoms with Crippen molar-refractivity contribution in [3.8, 4) is 0 Å². The van der Waals surface area contributed by atoms with Crippen molar-refractivity contribution in [2.45, 2.75) is 13.3 Å². The number of carbonyl (C=O) groups excluding carboxylic acids is 3. The summed E-state index contributed by atoms with van der Waals surface area (Å²) in [5.74, 6) is -0.823. The van der Waals surface area contributed by atoms with Crippen LogP contribution in [0.5, 0.6) is 0 Å². The van der Waals surface area contributed by atoms with E-state index in [1.54, 1.807) is 14.1 Å². The fourth-order valence-electron chi connectivity index (χ4n) is 0.752. The fourth-order valence-corrected chi connectivity index (χ4v) is 0.752. The number of ketones is 1. The highest BCUT2D eigenvalue weighted by atomic mass is 16.5. The van der Waals surface area contributed by atoms with Gasteiger partial charge in [0.15, 0.2) is 0 Å². The standard InChI is InChI=1S/C9H16N2O4/c1-7(12)6-8(13)15-5-4-11(2,3)9(10)14/h4-6H2,1-3H3,(H-,10,14)/p+1. The van der Waals surface area contributed by atoms with Crippen LogP contribution in [0, 0.1) is 0 Å². The van der Waals surface area contributed by atoms with Gasteiger partial charge in [-0.2, -0.15) is 0 Å². The van der Waals surface area contributed by atoms with Gasteiger partial charge in [0.2, 0.25) is 0 Å². The second-order valence-corrected chi connectivity index (χ2v) is 3.85. The van der Waals surface area contributed by atoms with Gasteiger partial charge in [0, 0.05) is 0 Å². The molecular formula is C9H17N2O4+. The molecule has 0 unspecified atom stereocenters. The topological polar surface area (TPSA) is 86.5 Å². The van der Waals surface area contributed by atoms with Crippen LogP contribution in [-0.2, 0) is 14.3 Å². The quantitative estimate of drug-likeness (QED) is 0.388. The van der Waals surface area contributed by atoms with Crippen molar-refractivity contribution in [3.05, 3.63) is 0 Å². The molecule has 0 atom stereocenters. The summed E-state index contributed by atoms with van der Waals surface area (Å²) in [5, 5.41) is 0. The molecule has 0 heterocycles. The Bertz CT molecular complexity index is 273. The fraction of sp³-hybridized carbons (Fsp3) is 0.667. The number of quaternary nitrogens is 1. The van der Waals surface area contributed by atoms with Crippen LogP contribution < -0.4 is 5.73 Å². The molecule has 0 aliphatic carbocycles. The van der Waals surface area contributed by atoms with E-state index in [4.69, 9.17) is 10.5 Å². The van der Waals surface area contributed by atoms with Crippen molar-refractivity contribution in [2.24, 2.45) is 5.73 Å². The van der Waals surface area contributed by atoms with E-state index >= 15 is 0 Å². The molecule has 0 aromatic rings. The zero-order chi connectivity index (χ0) is 12.1. The minimum atomic E-state index is -0.577. The molecule has 0 saturated carbocycles. The summed E-state index contributed by atoms with van der Waals surface area (Å²) in [6.45, 7) is 1.67.